The predicted octanol–water partition coefficient (Wildman–Crippen LogP) is 0.407. The number of rotatable bonds is 2. The van der Waals surface area contributed by atoms with Gasteiger partial charge in [0.2, 0.25) is 11.8 Å². The number of fused-ring (bicyclic) bond motifs is 2. The van der Waals surface area contributed by atoms with Crippen LogP contribution in [0, 0.1) is 0 Å². The van der Waals surface area contributed by atoms with E-state index in [0.717, 1.165) is 5.56 Å². The van der Waals surface area contributed by atoms with Crippen molar-refractivity contribution in [3.05, 3.63) is 35.9 Å². The molecule has 6 heteroatoms. The summed E-state index contributed by atoms with van der Waals surface area (Å²) in [7, 11) is 3.63. The number of hydrogen-bond donors (Lipinski definition) is 0. The van der Waals surface area contributed by atoms with Crippen LogP contribution >= 0.6 is 0 Å². The van der Waals surface area contributed by atoms with Gasteiger partial charge in [0.1, 0.15) is 0 Å². The van der Waals surface area contributed by atoms with E-state index in [4.69, 9.17) is 0 Å². The minimum Gasteiger partial charge on any atom is -0.331 e. The molecule has 0 spiro atoms. The van der Waals surface area contributed by atoms with Gasteiger partial charge < -0.3 is 9.80 Å². The van der Waals surface area contributed by atoms with Crippen LogP contribution in [0.1, 0.15) is 12.5 Å². The van der Waals surface area contributed by atoms with E-state index < -0.39 is 0 Å². The fourth-order valence-electron chi connectivity index (χ4n) is 3.39. The molecule has 4 atom stereocenters. The van der Waals surface area contributed by atoms with Gasteiger partial charge in [0.25, 0.3) is 0 Å². The van der Waals surface area contributed by atoms with Gasteiger partial charge in [-0.25, -0.2) is 0 Å². The summed E-state index contributed by atoms with van der Waals surface area (Å²) in [5.41, 5.74) is 1.14. The lowest BCUT2D eigenvalue weighted by Crippen LogP contribution is -2.50. The van der Waals surface area contributed by atoms with Gasteiger partial charge in [-0.2, -0.15) is 0 Å². The van der Waals surface area contributed by atoms with Crippen molar-refractivity contribution in [3.63, 3.8) is 0 Å². The second-order valence-corrected chi connectivity index (χ2v) is 6.56. The maximum atomic E-state index is 12.9. The van der Waals surface area contributed by atoms with Crippen LogP contribution in [-0.4, -0.2) is 77.6 Å². The Morgan fingerprint density at radius 3 is 2.22 bits per heavy atom. The van der Waals surface area contributed by atoms with E-state index in [9.17, 15) is 9.59 Å². The average molecular weight is 316 g/mol. The van der Waals surface area contributed by atoms with Crippen LogP contribution in [0.5, 0.6) is 0 Å². The number of likely N-dealkylation sites (N-methyl/N-ethyl adjacent to an activating group) is 2. The molecule has 3 rings (SSSR count). The lowest BCUT2D eigenvalue weighted by atomic mass is 10.0. The van der Waals surface area contributed by atoms with E-state index in [1.165, 1.54) is 0 Å². The van der Waals surface area contributed by atoms with Crippen LogP contribution in [0.3, 0.4) is 0 Å². The van der Waals surface area contributed by atoms with Gasteiger partial charge in [-0.3, -0.25) is 19.4 Å². The SMILES string of the molecule is C[C@@H]1C(=O)N(C)CN2CN1CN(C)C(=O)[C@@H]2Cc1ccccc1. The van der Waals surface area contributed by atoms with Crippen molar-refractivity contribution in [2.24, 2.45) is 0 Å². The van der Waals surface area contributed by atoms with Crippen molar-refractivity contribution >= 4 is 11.8 Å². The summed E-state index contributed by atoms with van der Waals surface area (Å²) >= 11 is 0. The number of amides is 2. The summed E-state index contributed by atoms with van der Waals surface area (Å²) in [5, 5.41) is 0. The Kier molecular flexibility index (Phi) is 4.37. The molecule has 0 radical (unpaired) electrons. The molecule has 2 amide bonds. The first-order valence-corrected chi connectivity index (χ1v) is 7.99. The van der Waals surface area contributed by atoms with Crippen molar-refractivity contribution in [2.75, 3.05) is 34.1 Å². The number of carbonyl (C=O) groups excluding carboxylic acids is 2. The Hall–Kier alpha value is -1.92. The highest BCUT2D eigenvalue weighted by Gasteiger charge is 2.40. The van der Waals surface area contributed by atoms with Crippen molar-refractivity contribution in [1.82, 2.24) is 19.6 Å². The summed E-state index contributed by atoms with van der Waals surface area (Å²) < 4.78 is 0. The Labute approximate surface area is 137 Å². The fraction of sp³-hybridized carbons (Fsp3) is 0.529. The third-order valence-corrected chi connectivity index (χ3v) is 4.81. The van der Waals surface area contributed by atoms with Crippen LogP contribution in [0.2, 0.25) is 0 Å². The Bertz CT molecular complexity index is 592. The van der Waals surface area contributed by atoms with Crippen LogP contribution in [0.25, 0.3) is 0 Å². The molecular formula is C17H24N4O2. The molecule has 0 saturated carbocycles. The predicted molar refractivity (Wildman–Crippen MR) is 87.2 cm³/mol. The quantitative estimate of drug-likeness (QED) is 0.793. The van der Waals surface area contributed by atoms with Crippen LogP contribution < -0.4 is 0 Å². The van der Waals surface area contributed by atoms with Gasteiger partial charge in [0, 0.05) is 14.1 Å². The van der Waals surface area contributed by atoms with Gasteiger partial charge in [0.05, 0.1) is 32.1 Å². The summed E-state index contributed by atoms with van der Waals surface area (Å²) in [6.45, 7) is 3.52. The monoisotopic (exact) mass is 316 g/mol. The lowest BCUT2D eigenvalue weighted by Gasteiger charge is -2.31. The molecule has 0 aliphatic carbocycles. The summed E-state index contributed by atoms with van der Waals surface area (Å²) in [4.78, 5) is 32.9. The van der Waals surface area contributed by atoms with Crippen LogP contribution in [-0.2, 0) is 16.0 Å². The zero-order valence-electron chi connectivity index (χ0n) is 14.0. The molecule has 0 N–H and O–H groups in total. The second kappa shape index (κ2) is 6.29. The van der Waals surface area contributed by atoms with E-state index in [-0.39, 0.29) is 23.9 Å². The zero-order chi connectivity index (χ0) is 16.6. The first-order valence-electron chi connectivity index (χ1n) is 7.99. The molecule has 2 heterocycles. The highest BCUT2D eigenvalue weighted by Crippen LogP contribution is 2.21. The van der Waals surface area contributed by atoms with Crippen molar-refractivity contribution in [1.29, 1.82) is 0 Å². The first kappa shape index (κ1) is 16.0. The number of benzene rings is 1. The molecule has 1 aromatic carbocycles. The number of nitrogens with zero attached hydrogens (tertiary/aromatic N) is 4. The Morgan fingerprint density at radius 1 is 0.913 bits per heavy atom. The number of hydrogen-bond acceptors (Lipinski definition) is 4. The normalized spacial score (nSPS) is 31.8. The maximum Gasteiger partial charge on any atom is 0.241 e. The molecule has 2 fully saturated rings. The molecule has 2 saturated heterocycles. The summed E-state index contributed by atoms with van der Waals surface area (Å²) in [6.07, 6.45) is 0.661. The van der Waals surface area contributed by atoms with E-state index in [1.807, 2.05) is 51.4 Å². The molecule has 124 valence electrons. The maximum absolute atomic E-state index is 12.9. The second-order valence-electron chi connectivity index (χ2n) is 6.56. The highest BCUT2D eigenvalue weighted by atomic mass is 16.2. The molecule has 0 aromatic heterocycles. The molecule has 2 aliphatic heterocycles. The van der Waals surface area contributed by atoms with E-state index in [1.54, 1.807) is 9.80 Å². The average Bonchev–Trinajstić information content (AvgIpc) is 2.72. The van der Waals surface area contributed by atoms with Crippen LogP contribution in [0.4, 0.5) is 0 Å². The standard InChI is InChI=1S/C17H24N4O2/c1-13-16(22)18(2)11-21-12-20(13)10-19(3)17(23)15(21)9-14-7-5-4-6-8-14/h4-8,13,15H,9-12H2,1-3H3/t13-,15+/m1/s1. The van der Waals surface area contributed by atoms with Gasteiger partial charge >= 0.3 is 0 Å². The van der Waals surface area contributed by atoms with E-state index in [0.29, 0.717) is 26.4 Å². The van der Waals surface area contributed by atoms with E-state index in [2.05, 4.69) is 9.80 Å². The first-order chi connectivity index (χ1) is 11.0. The smallest absolute Gasteiger partial charge is 0.241 e. The number of carbonyl (C=O) groups is 2. The van der Waals surface area contributed by atoms with Crippen LogP contribution in [0.15, 0.2) is 30.3 Å². The molecule has 2 aliphatic rings. The molecular weight excluding hydrogens is 292 g/mol. The minimum atomic E-state index is -0.243. The lowest BCUT2D eigenvalue weighted by molar-refractivity contribution is -0.141. The highest BCUT2D eigenvalue weighted by molar-refractivity contribution is 5.84. The fourth-order valence-corrected chi connectivity index (χ4v) is 3.39. The topological polar surface area (TPSA) is 47.1 Å². The largest absolute Gasteiger partial charge is 0.331 e. The molecule has 2 unspecified atom stereocenters. The van der Waals surface area contributed by atoms with E-state index >= 15 is 0 Å². The Balaban J connectivity index is 1.91. The van der Waals surface area contributed by atoms with Crippen molar-refractivity contribution in [2.45, 2.75) is 25.4 Å². The molecule has 1 aromatic rings. The van der Waals surface area contributed by atoms with Crippen molar-refractivity contribution in [3.8, 4) is 0 Å². The minimum absolute atomic E-state index is 0.105. The third-order valence-electron chi connectivity index (χ3n) is 4.81. The molecule has 6 nitrogen and oxygen atoms in total. The van der Waals surface area contributed by atoms with Gasteiger partial charge in [-0.15, -0.1) is 0 Å². The molecule has 2 bridgehead atoms. The molecule has 23 heavy (non-hydrogen) atoms. The zero-order valence-corrected chi connectivity index (χ0v) is 14.0. The van der Waals surface area contributed by atoms with Crippen molar-refractivity contribution < 1.29 is 9.59 Å². The summed E-state index contributed by atoms with van der Waals surface area (Å²) in [6, 6.07) is 9.60. The third kappa shape index (κ3) is 3.09. The van der Waals surface area contributed by atoms with Gasteiger partial charge in [-0.05, 0) is 18.9 Å². The van der Waals surface area contributed by atoms with Gasteiger partial charge in [-0.1, -0.05) is 30.3 Å². The van der Waals surface area contributed by atoms with Gasteiger partial charge in [0.15, 0.2) is 0 Å². The Morgan fingerprint density at radius 2 is 1.52 bits per heavy atom. The summed E-state index contributed by atoms with van der Waals surface area (Å²) in [5.74, 6) is 0.222.